The van der Waals surface area contributed by atoms with Gasteiger partial charge in [0.1, 0.15) is 6.54 Å². The Bertz CT molecular complexity index is 1900. The molecule has 1 aliphatic carbocycles. The van der Waals surface area contributed by atoms with Gasteiger partial charge in [-0.3, -0.25) is 23.5 Å². The molecule has 3 N–H and O–H groups in total. The highest BCUT2D eigenvalue weighted by Crippen LogP contribution is 2.49. The van der Waals surface area contributed by atoms with Crippen molar-refractivity contribution < 1.29 is 32.7 Å². The van der Waals surface area contributed by atoms with Gasteiger partial charge in [-0.25, -0.2) is 9.97 Å². The van der Waals surface area contributed by atoms with E-state index in [1.54, 1.807) is 29.2 Å². The van der Waals surface area contributed by atoms with Crippen molar-refractivity contribution in [1.29, 1.82) is 5.26 Å². The molecule has 250 valence electrons. The lowest BCUT2D eigenvalue weighted by Gasteiger charge is -2.35. The predicted molar refractivity (Wildman–Crippen MR) is 164 cm³/mol. The number of carboxylic acid groups (broad SMARTS) is 1. The summed E-state index contributed by atoms with van der Waals surface area (Å²) in [6.07, 6.45) is 0.569. The number of halogens is 4. The highest BCUT2D eigenvalue weighted by Gasteiger charge is 2.58. The number of carbonyl (C=O) groups is 3. The quantitative estimate of drug-likeness (QED) is 0.256. The van der Waals surface area contributed by atoms with Crippen LogP contribution in [0.4, 0.5) is 24.7 Å². The molecule has 18 heteroatoms. The number of anilines is 2. The summed E-state index contributed by atoms with van der Waals surface area (Å²) in [6, 6.07) is 6.60. The summed E-state index contributed by atoms with van der Waals surface area (Å²) >= 11 is 6.55. The molecule has 1 unspecified atom stereocenters. The third kappa shape index (κ3) is 6.23. The van der Waals surface area contributed by atoms with Crippen LogP contribution in [0.5, 0.6) is 0 Å². The van der Waals surface area contributed by atoms with E-state index in [-0.39, 0.29) is 58.5 Å². The first-order chi connectivity index (χ1) is 23.0. The maximum absolute atomic E-state index is 13.8. The largest absolute Gasteiger partial charge is 0.483 e. The second-order valence-electron chi connectivity index (χ2n) is 11.4. The zero-order valence-corrected chi connectivity index (χ0v) is 25.8. The van der Waals surface area contributed by atoms with Crippen LogP contribution in [-0.4, -0.2) is 96.6 Å². The lowest BCUT2D eigenvalue weighted by molar-refractivity contribution is -0.141. The molecule has 2 amide bonds. The van der Waals surface area contributed by atoms with E-state index in [1.165, 1.54) is 23.0 Å². The molecule has 1 aromatic carbocycles. The van der Waals surface area contributed by atoms with Gasteiger partial charge < -0.3 is 25.5 Å². The van der Waals surface area contributed by atoms with Crippen molar-refractivity contribution in [3.8, 4) is 17.3 Å². The van der Waals surface area contributed by atoms with Crippen molar-refractivity contribution in [3.63, 3.8) is 0 Å². The molecular formula is C30H28ClF3N10O4. The Morgan fingerprint density at radius 2 is 1.83 bits per heavy atom. The molecule has 5 heterocycles. The Balaban J connectivity index is 0.00000129. The number of nitrogens with zero attached hydrogens (tertiary/aromatic N) is 8. The molecule has 0 radical (unpaired) electrons. The minimum atomic E-state index is -4.75. The lowest BCUT2D eigenvalue weighted by atomic mass is 10.1. The van der Waals surface area contributed by atoms with E-state index in [4.69, 9.17) is 26.8 Å². The van der Waals surface area contributed by atoms with Gasteiger partial charge in [-0.15, -0.1) is 0 Å². The summed E-state index contributed by atoms with van der Waals surface area (Å²) in [5, 5.41) is 26.0. The van der Waals surface area contributed by atoms with Gasteiger partial charge in [0.05, 0.1) is 34.1 Å². The number of hydrogen-bond acceptors (Lipinski definition) is 9. The summed E-state index contributed by atoms with van der Waals surface area (Å²) in [6.45, 7) is 3.01. The number of nitrogens with one attached hydrogen (secondary N) is 2. The minimum absolute atomic E-state index is 0.114. The van der Waals surface area contributed by atoms with E-state index in [1.807, 2.05) is 4.90 Å². The number of piperidine rings is 1. The number of carbonyl (C=O) groups excluding carboxylic acids is 2. The Morgan fingerprint density at radius 3 is 2.48 bits per heavy atom. The van der Waals surface area contributed by atoms with Crippen molar-refractivity contribution in [2.75, 3.05) is 44.6 Å². The number of alkyl halides is 3. The Kier molecular flexibility index (Phi) is 8.95. The molecular weight excluding hydrogens is 657 g/mol. The fraction of sp³-hybridized carbons (Fsp3) is 0.367. The van der Waals surface area contributed by atoms with E-state index < -0.39 is 11.9 Å². The fourth-order valence-electron chi connectivity index (χ4n) is 6.38. The number of imidazole rings is 1. The molecule has 7 rings (SSSR count). The number of amides is 2. The number of fused-ring (bicyclic) bond motifs is 2. The highest BCUT2D eigenvalue weighted by molar-refractivity contribution is 6.34. The van der Waals surface area contributed by atoms with Gasteiger partial charge in [-0.05, 0) is 43.1 Å². The van der Waals surface area contributed by atoms with Gasteiger partial charge in [0.25, 0.3) is 12.4 Å². The third-order valence-corrected chi connectivity index (χ3v) is 9.00. The summed E-state index contributed by atoms with van der Waals surface area (Å²) < 4.78 is 43.6. The van der Waals surface area contributed by atoms with E-state index in [0.717, 1.165) is 24.0 Å². The zero-order chi connectivity index (χ0) is 34.2. The van der Waals surface area contributed by atoms with Crippen molar-refractivity contribution in [2.45, 2.75) is 12.7 Å². The predicted octanol–water partition coefficient (Wildman–Crippen LogP) is 2.98. The van der Waals surface area contributed by atoms with Gasteiger partial charge in [-0.2, -0.15) is 23.5 Å². The van der Waals surface area contributed by atoms with Gasteiger partial charge in [0.2, 0.25) is 5.91 Å². The molecule has 1 saturated carbocycles. The standard InChI is InChI=1S/C29H26ClF3N10O2.CH2O2/c30-21-11-16(1-2-17(21)27(44)40-7-9-41(10-8-40)28(45)23-18-12-35-13-19(18)23)38-25-26-37-14-22(43(26)6-4-36-25)20-15-42(5-3-34)39-24(20)29(31,32)33;2-1-3/h1-2,4,6,11,14-15,18-19,23,35H,5,7-10,12-13H2,(H,36,38);1H,(H,2,3)/t18-,19+,23?;. The molecule has 3 aliphatic rings. The lowest BCUT2D eigenvalue weighted by Crippen LogP contribution is -2.51. The number of piperazine rings is 1. The third-order valence-electron chi connectivity index (χ3n) is 8.68. The molecule has 3 atom stereocenters. The molecule has 2 saturated heterocycles. The zero-order valence-electron chi connectivity index (χ0n) is 25.1. The first-order valence-corrected chi connectivity index (χ1v) is 15.2. The summed E-state index contributed by atoms with van der Waals surface area (Å²) in [5.41, 5.74) is -0.208. The Morgan fingerprint density at radius 1 is 1.15 bits per heavy atom. The van der Waals surface area contributed by atoms with Crippen LogP contribution in [0.3, 0.4) is 0 Å². The van der Waals surface area contributed by atoms with Crippen molar-refractivity contribution >= 4 is 47.0 Å². The van der Waals surface area contributed by atoms with Crippen LogP contribution < -0.4 is 10.6 Å². The van der Waals surface area contributed by atoms with Crippen molar-refractivity contribution in [3.05, 3.63) is 59.3 Å². The van der Waals surface area contributed by atoms with Crippen LogP contribution in [-0.2, 0) is 22.3 Å². The van der Waals surface area contributed by atoms with Crippen LogP contribution >= 0.6 is 11.6 Å². The number of nitriles is 1. The molecule has 3 aromatic heterocycles. The number of hydrogen-bond donors (Lipinski definition) is 3. The van der Waals surface area contributed by atoms with Crippen LogP contribution in [0.15, 0.2) is 43.0 Å². The second-order valence-corrected chi connectivity index (χ2v) is 11.8. The summed E-state index contributed by atoms with van der Waals surface area (Å²) in [7, 11) is 0. The van der Waals surface area contributed by atoms with Gasteiger partial charge in [0.15, 0.2) is 17.2 Å². The SMILES string of the molecule is N#CCn1cc(-c2cnc3c(Nc4ccc(C(=O)N5CCN(C(=O)C6[C@H]7CNC[C@@H]67)CC5)c(Cl)c4)nccn23)c(C(F)(F)F)n1.O=CO. The molecule has 0 spiro atoms. The smallest absolute Gasteiger partial charge is 0.435 e. The van der Waals surface area contributed by atoms with Gasteiger partial charge in [-0.1, -0.05) is 11.6 Å². The highest BCUT2D eigenvalue weighted by atomic mass is 35.5. The van der Waals surface area contributed by atoms with E-state index in [9.17, 15) is 22.8 Å². The first-order valence-electron chi connectivity index (χ1n) is 14.8. The van der Waals surface area contributed by atoms with E-state index >= 15 is 0 Å². The number of aromatic nitrogens is 5. The van der Waals surface area contributed by atoms with Crippen molar-refractivity contribution in [1.82, 2.24) is 39.3 Å². The van der Waals surface area contributed by atoms with Crippen LogP contribution in [0.2, 0.25) is 5.02 Å². The monoisotopic (exact) mass is 684 g/mol. The fourth-order valence-corrected chi connectivity index (χ4v) is 6.64. The minimum Gasteiger partial charge on any atom is -0.483 e. The molecule has 4 aromatic rings. The maximum atomic E-state index is 13.8. The van der Waals surface area contributed by atoms with Crippen molar-refractivity contribution in [2.24, 2.45) is 17.8 Å². The normalized spacial score (nSPS) is 20.0. The average Bonchev–Trinajstić information content (AvgIpc) is 3.47. The Labute approximate surface area is 275 Å². The second kappa shape index (κ2) is 13.1. The van der Waals surface area contributed by atoms with E-state index in [0.29, 0.717) is 49.3 Å². The van der Waals surface area contributed by atoms with E-state index in [2.05, 4.69) is 25.7 Å². The molecule has 14 nitrogen and oxygen atoms in total. The van der Waals surface area contributed by atoms with Crippen LogP contribution in [0.1, 0.15) is 16.1 Å². The van der Waals surface area contributed by atoms with Gasteiger partial charge >= 0.3 is 6.18 Å². The van der Waals surface area contributed by atoms with Crippen LogP contribution in [0, 0.1) is 29.1 Å². The topological polar surface area (TPSA) is 174 Å². The number of benzene rings is 1. The van der Waals surface area contributed by atoms with Gasteiger partial charge in [0, 0.05) is 56.4 Å². The first kappa shape index (κ1) is 32.7. The molecule has 3 fully saturated rings. The molecule has 0 bridgehead atoms. The Hall–Kier alpha value is -5.21. The maximum Gasteiger partial charge on any atom is 0.435 e. The summed E-state index contributed by atoms with van der Waals surface area (Å²) in [5.74, 6) is 1.21. The summed E-state index contributed by atoms with van der Waals surface area (Å²) in [4.78, 5) is 46.7. The van der Waals surface area contributed by atoms with Crippen LogP contribution in [0.25, 0.3) is 16.9 Å². The molecule has 2 aliphatic heterocycles. The number of rotatable bonds is 6. The average molecular weight is 685 g/mol. The molecule has 48 heavy (non-hydrogen) atoms.